The predicted octanol–water partition coefficient (Wildman–Crippen LogP) is 2.21. The molecule has 9 heteroatoms. The van der Waals surface area contributed by atoms with Gasteiger partial charge in [0.15, 0.2) is 17.2 Å². The number of carbonyl (C=O) groups is 1. The fourth-order valence-corrected chi connectivity index (χ4v) is 2.56. The average molecular weight is 366 g/mol. The van der Waals surface area contributed by atoms with Gasteiger partial charge in [0.25, 0.3) is 5.91 Å². The molecule has 0 spiro atoms. The Kier molecular flexibility index (Phi) is 5.36. The zero-order chi connectivity index (χ0) is 18.7. The number of halogens is 2. The Bertz CT molecular complexity index is 779. The number of likely N-dealkylation sites (N-methyl/N-ethyl adjacent to an activating group) is 1. The summed E-state index contributed by atoms with van der Waals surface area (Å²) in [6, 6.07) is 6.76. The van der Waals surface area contributed by atoms with E-state index in [9.17, 15) is 13.6 Å². The molecule has 0 saturated carbocycles. The summed E-state index contributed by atoms with van der Waals surface area (Å²) in [5.41, 5.74) is 0.847. The van der Waals surface area contributed by atoms with Crippen molar-refractivity contribution < 1.29 is 23.0 Å². The van der Waals surface area contributed by atoms with Crippen LogP contribution in [-0.2, 0) is 6.54 Å². The van der Waals surface area contributed by atoms with Gasteiger partial charge < -0.3 is 19.3 Å². The molecular formula is C17H20F2N4O3. The quantitative estimate of drug-likeness (QED) is 0.752. The first-order valence-electron chi connectivity index (χ1n) is 8.10. The minimum Gasteiger partial charge on any atom is -0.454 e. The zero-order valence-electron chi connectivity index (χ0n) is 14.6. The number of hydrogen-bond donors (Lipinski definition) is 0. The number of carbonyl (C=O) groups excluding carboxylic acids is 1. The highest BCUT2D eigenvalue weighted by molar-refractivity contribution is 5.92. The molecule has 0 atom stereocenters. The predicted molar refractivity (Wildman–Crippen MR) is 89.3 cm³/mol. The maximum atomic E-state index is 12.8. The summed E-state index contributed by atoms with van der Waals surface area (Å²) in [4.78, 5) is 16.3. The number of fused-ring (bicyclic) bond motifs is 1. The fourth-order valence-electron chi connectivity index (χ4n) is 2.56. The van der Waals surface area contributed by atoms with Gasteiger partial charge in [0, 0.05) is 25.8 Å². The number of nitrogens with zero attached hydrogens (tertiary/aromatic N) is 4. The number of alkyl halides is 2. The first-order valence-corrected chi connectivity index (χ1v) is 8.10. The summed E-state index contributed by atoms with van der Waals surface area (Å²) in [6.45, 7) is -1.23. The molecule has 0 N–H and O–H groups in total. The Morgan fingerprint density at radius 3 is 2.69 bits per heavy atom. The molecule has 1 aliphatic rings. The second-order valence-electron chi connectivity index (χ2n) is 6.18. The van der Waals surface area contributed by atoms with E-state index in [4.69, 9.17) is 9.47 Å². The summed E-state index contributed by atoms with van der Waals surface area (Å²) >= 11 is 0. The highest BCUT2D eigenvalue weighted by atomic mass is 19.3. The van der Waals surface area contributed by atoms with Crippen LogP contribution in [0.5, 0.6) is 11.5 Å². The van der Waals surface area contributed by atoms with E-state index in [1.54, 1.807) is 11.0 Å². The van der Waals surface area contributed by atoms with E-state index in [1.165, 1.54) is 6.07 Å². The lowest BCUT2D eigenvalue weighted by Gasteiger charge is -2.24. The zero-order valence-corrected chi connectivity index (χ0v) is 14.6. The second kappa shape index (κ2) is 7.69. The molecule has 140 valence electrons. The molecule has 1 amide bonds. The normalized spacial score (nSPS) is 12.8. The Balaban J connectivity index is 1.78. The van der Waals surface area contributed by atoms with Crippen molar-refractivity contribution >= 4 is 5.91 Å². The van der Waals surface area contributed by atoms with Crippen LogP contribution in [0, 0.1) is 0 Å². The van der Waals surface area contributed by atoms with Crippen LogP contribution in [0.2, 0.25) is 0 Å². The summed E-state index contributed by atoms with van der Waals surface area (Å²) in [5, 5.41) is 3.67. The van der Waals surface area contributed by atoms with E-state index in [0.717, 1.165) is 11.8 Å². The van der Waals surface area contributed by atoms with Crippen molar-refractivity contribution in [3.63, 3.8) is 0 Å². The van der Waals surface area contributed by atoms with Crippen LogP contribution in [0.1, 0.15) is 22.6 Å². The third-order valence-corrected chi connectivity index (χ3v) is 3.94. The van der Waals surface area contributed by atoms with Crippen LogP contribution in [0.15, 0.2) is 30.5 Å². The molecule has 1 aliphatic heterocycles. The number of rotatable bonds is 7. The molecule has 3 rings (SSSR count). The molecule has 0 unspecified atom stereocenters. The minimum atomic E-state index is -2.78. The minimum absolute atomic E-state index is 0.00944. The number of ether oxygens (including phenoxy) is 2. The molecule has 2 heterocycles. The molecule has 2 aromatic rings. The molecule has 0 aliphatic carbocycles. The molecule has 1 aromatic carbocycles. The van der Waals surface area contributed by atoms with Crippen molar-refractivity contribution in [3.8, 4) is 11.5 Å². The maximum Gasteiger partial charge on any atom is 0.333 e. The largest absolute Gasteiger partial charge is 0.454 e. The van der Waals surface area contributed by atoms with Crippen LogP contribution < -0.4 is 9.47 Å². The Morgan fingerprint density at radius 2 is 2.00 bits per heavy atom. The van der Waals surface area contributed by atoms with Gasteiger partial charge in [0.05, 0.1) is 0 Å². The van der Waals surface area contributed by atoms with E-state index < -0.39 is 12.5 Å². The second-order valence-corrected chi connectivity index (χ2v) is 6.18. The molecule has 7 nitrogen and oxygen atoms in total. The Morgan fingerprint density at radius 1 is 1.23 bits per heavy atom. The molecule has 1 aromatic heterocycles. The van der Waals surface area contributed by atoms with Crippen molar-refractivity contribution in [1.82, 2.24) is 19.6 Å². The van der Waals surface area contributed by atoms with E-state index in [2.05, 4.69) is 5.10 Å². The van der Waals surface area contributed by atoms with Crippen molar-refractivity contribution in [2.45, 2.75) is 13.1 Å². The van der Waals surface area contributed by atoms with Crippen LogP contribution in [0.25, 0.3) is 0 Å². The molecule has 0 saturated heterocycles. The van der Waals surface area contributed by atoms with Crippen molar-refractivity contribution in [3.05, 3.63) is 41.7 Å². The lowest BCUT2D eigenvalue weighted by molar-refractivity contribution is 0.0549. The van der Waals surface area contributed by atoms with Crippen LogP contribution in [0.3, 0.4) is 0 Å². The van der Waals surface area contributed by atoms with E-state index in [-0.39, 0.29) is 12.5 Å². The average Bonchev–Trinajstić information content (AvgIpc) is 3.26. The van der Waals surface area contributed by atoms with Gasteiger partial charge in [-0.15, -0.1) is 0 Å². The maximum absolute atomic E-state index is 12.8. The number of amides is 1. The van der Waals surface area contributed by atoms with Gasteiger partial charge in [-0.2, -0.15) is 13.9 Å². The smallest absolute Gasteiger partial charge is 0.333 e. The van der Waals surface area contributed by atoms with Crippen molar-refractivity contribution in [2.75, 3.05) is 34.0 Å². The topological polar surface area (TPSA) is 59.8 Å². The van der Waals surface area contributed by atoms with Crippen molar-refractivity contribution in [2.24, 2.45) is 0 Å². The van der Waals surface area contributed by atoms with Gasteiger partial charge in [0.2, 0.25) is 6.79 Å². The highest BCUT2D eigenvalue weighted by Gasteiger charge is 2.21. The number of aromatic nitrogens is 2. The van der Waals surface area contributed by atoms with Crippen molar-refractivity contribution in [1.29, 1.82) is 0 Å². The summed E-state index contributed by atoms with van der Waals surface area (Å²) in [7, 11) is 3.80. The summed E-state index contributed by atoms with van der Waals surface area (Å²) < 4.78 is 36.5. The summed E-state index contributed by atoms with van der Waals surface area (Å²) in [5.74, 6) is 0.893. The third-order valence-electron chi connectivity index (χ3n) is 3.94. The highest BCUT2D eigenvalue weighted by Crippen LogP contribution is 2.32. The first kappa shape index (κ1) is 18.1. The Hall–Kier alpha value is -2.68. The lowest BCUT2D eigenvalue weighted by Crippen LogP contribution is -2.36. The molecule has 0 fully saturated rings. The molecule has 0 radical (unpaired) electrons. The van der Waals surface area contributed by atoms with Gasteiger partial charge in [-0.1, -0.05) is 6.07 Å². The molecule has 26 heavy (non-hydrogen) atoms. The van der Waals surface area contributed by atoms with Crippen LogP contribution in [0.4, 0.5) is 8.78 Å². The monoisotopic (exact) mass is 366 g/mol. The number of hydrogen-bond acceptors (Lipinski definition) is 5. The molecular weight excluding hydrogens is 346 g/mol. The SMILES string of the molecule is CN(C)CCN(Cc1ccc2c(c1)OCO2)C(=O)c1ccn(C(F)F)n1. The van der Waals surface area contributed by atoms with E-state index >= 15 is 0 Å². The Labute approximate surface area is 149 Å². The lowest BCUT2D eigenvalue weighted by atomic mass is 10.2. The van der Waals surface area contributed by atoms with Crippen LogP contribution in [-0.4, -0.2) is 59.5 Å². The van der Waals surface area contributed by atoms with Crippen LogP contribution >= 0.6 is 0 Å². The first-order chi connectivity index (χ1) is 12.4. The van der Waals surface area contributed by atoms with Gasteiger partial charge in [0.1, 0.15) is 0 Å². The summed E-state index contributed by atoms with van der Waals surface area (Å²) in [6.07, 6.45) is 1.10. The number of benzene rings is 1. The standard InChI is InChI=1S/C17H20F2N4O3/c1-21(2)7-8-22(16(24)13-5-6-23(20-13)17(18)19)10-12-3-4-14-15(9-12)26-11-25-14/h3-6,9,17H,7-8,10-11H2,1-2H3. The van der Waals surface area contributed by atoms with E-state index in [0.29, 0.717) is 35.8 Å². The van der Waals surface area contributed by atoms with Gasteiger partial charge in [-0.05, 0) is 37.9 Å². The van der Waals surface area contributed by atoms with E-state index in [1.807, 2.05) is 31.1 Å². The van der Waals surface area contributed by atoms with Gasteiger partial charge >= 0.3 is 6.55 Å². The van der Waals surface area contributed by atoms with Gasteiger partial charge in [-0.25, -0.2) is 4.68 Å². The fraction of sp³-hybridized carbons (Fsp3) is 0.412. The van der Waals surface area contributed by atoms with Gasteiger partial charge in [-0.3, -0.25) is 4.79 Å². The molecule has 0 bridgehead atoms. The third kappa shape index (κ3) is 4.10.